The molecule has 2 aliphatic heterocycles. The molecule has 0 spiro atoms. The fourth-order valence-corrected chi connectivity index (χ4v) is 7.09. The van der Waals surface area contributed by atoms with Crippen molar-refractivity contribution >= 4 is 16.7 Å². The first-order valence-corrected chi connectivity index (χ1v) is 13.7. The van der Waals surface area contributed by atoms with Crippen LogP contribution in [0.1, 0.15) is 81.9 Å². The second-order valence-electron chi connectivity index (χ2n) is 11.4. The molecule has 0 aromatic heterocycles. The summed E-state index contributed by atoms with van der Waals surface area (Å²) in [5, 5.41) is 9.95. The zero-order valence-corrected chi connectivity index (χ0v) is 21.7. The van der Waals surface area contributed by atoms with Crippen LogP contribution in [-0.2, 0) is 11.0 Å². The van der Waals surface area contributed by atoms with Gasteiger partial charge in [-0.15, -0.1) is 0 Å². The lowest BCUT2D eigenvalue weighted by Crippen LogP contribution is -2.53. The van der Waals surface area contributed by atoms with Crippen LogP contribution in [0.15, 0.2) is 30.3 Å². The Labute approximate surface area is 223 Å². The van der Waals surface area contributed by atoms with E-state index in [-0.39, 0.29) is 60.9 Å². The number of alkyl halides is 6. The summed E-state index contributed by atoms with van der Waals surface area (Å²) in [6.07, 6.45) is -5.91. The maximum Gasteiger partial charge on any atom is 0.420 e. The molecule has 1 saturated carbocycles. The van der Waals surface area contributed by atoms with Crippen molar-refractivity contribution in [2.24, 2.45) is 11.8 Å². The van der Waals surface area contributed by atoms with E-state index in [0.717, 1.165) is 24.8 Å². The van der Waals surface area contributed by atoms with Crippen LogP contribution >= 0.6 is 0 Å². The molecule has 3 atom stereocenters. The molecule has 39 heavy (non-hydrogen) atoms. The van der Waals surface area contributed by atoms with Gasteiger partial charge in [-0.1, -0.05) is 24.6 Å². The molecular formula is C29H33F6NO3. The maximum atomic E-state index is 14.3. The summed E-state index contributed by atoms with van der Waals surface area (Å²) < 4.78 is 87.5. The molecule has 5 rings (SSSR count). The topological polar surface area (TPSA) is 49.8 Å². The lowest BCUT2D eigenvalue weighted by Gasteiger charge is -2.51. The molecule has 0 amide bonds. The Morgan fingerprint density at radius 3 is 2.15 bits per heavy atom. The Kier molecular flexibility index (Phi) is 7.54. The van der Waals surface area contributed by atoms with Crippen LogP contribution in [0.3, 0.4) is 0 Å². The number of piperidine rings is 2. The van der Waals surface area contributed by atoms with Gasteiger partial charge in [0.2, 0.25) is 0 Å². The molecule has 0 radical (unpaired) electrons. The zero-order valence-electron chi connectivity index (χ0n) is 21.7. The first kappa shape index (κ1) is 28.1. The Morgan fingerprint density at radius 1 is 0.949 bits per heavy atom. The van der Waals surface area contributed by atoms with Crippen molar-refractivity contribution in [3.05, 3.63) is 41.5 Å². The Hall–Kier alpha value is -2.49. The van der Waals surface area contributed by atoms with E-state index in [1.807, 2.05) is 6.92 Å². The first-order valence-electron chi connectivity index (χ1n) is 13.7. The number of benzene rings is 2. The Balaban J connectivity index is 1.40. The maximum absolute atomic E-state index is 14.3. The third-order valence-corrected chi connectivity index (χ3v) is 9.03. The number of ether oxygens (including phenoxy) is 1. The highest BCUT2D eigenvalue weighted by Crippen LogP contribution is 2.46. The van der Waals surface area contributed by atoms with Crippen LogP contribution in [0.4, 0.5) is 26.3 Å². The van der Waals surface area contributed by atoms with Crippen molar-refractivity contribution in [2.45, 2.75) is 101 Å². The number of carboxylic acids is 1. The van der Waals surface area contributed by atoms with E-state index >= 15 is 0 Å². The normalized spacial score (nSPS) is 29.3. The molecule has 2 bridgehead atoms. The number of fused-ring (bicyclic) bond motifs is 3. The van der Waals surface area contributed by atoms with Gasteiger partial charge in [0.1, 0.15) is 11.3 Å². The van der Waals surface area contributed by atoms with E-state index in [0.29, 0.717) is 18.2 Å². The number of carboxylic acid groups (broad SMARTS) is 1. The predicted octanol–water partition coefficient (Wildman–Crippen LogP) is 8.14. The fourth-order valence-electron chi connectivity index (χ4n) is 7.09. The molecule has 10 heteroatoms. The minimum atomic E-state index is -4.71. The Bertz CT molecular complexity index is 1190. The van der Waals surface area contributed by atoms with E-state index in [9.17, 15) is 36.2 Å². The summed E-state index contributed by atoms with van der Waals surface area (Å²) in [6.45, 7) is 2.02. The van der Waals surface area contributed by atoms with Crippen molar-refractivity contribution in [1.29, 1.82) is 0 Å². The van der Waals surface area contributed by atoms with Gasteiger partial charge in [0.25, 0.3) is 0 Å². The van der Waals surface area contributed by atoms with Gasteiger partial charge in [-0.3, -0.25) is 9.69 Å². The number of nitrogens with zero attached hydrogens (tertiary/aromatic N) is 1. The van der Waals surface area contributed by atoms with Crippen LogP contribution in [0.5, 0.6) is 5.75 Å². The van der Waals surface area contributed by atoms with Crippen molar-refractivity contribution < 1.29 is 41.0 Å². The van der Waals surface area contributed by atoms with Crippen LogP contribution in [-0.4, -0.2) is 40.3 Å². The number of hydrogen-bond donors (Lipinski definition) is 1. The summed E-state index contributed by atoms with van der Waals surface area (Å²) in [4.78, 5) is 14.0. The van der Waals surface area contributed by atoms with Gasteiger partial charge in [-0.25, -0.2) is 0 Å². The van der Waals surface area contributed by atoms with Gasteiger partial charge in [-0.2, -0.15) is 26.3 Å². The molecule has 1 N–H and O–H groups in total. The lowest BCUT2D eigenvalue weighted by atomic mass is 9.77. The van der Waals surface area contributed by atoms with Crippen LogP contribution < -0.4 is 4.74 Å². The van der Waals surface area contributed by atoms with Crippen molar-refractivity contribution in [1.82, 2.24) is 4.90 Å². The first-order chi connectivity index (χ1) is 18.3. The molecule has 2 saturated heterocycles. The second-order valence-corrected chi connectivity index (χ2v) is 11.4. The van der Waals surface area contributed by atoms with Crippen LogP contribution in [0, 0.1) is 11.8 Å². The van der Waals surface area contributed by atoms with E-state index < -0.39 is 35.9 Å². The molecule has 2 heterocycles. The van der Waals surface area contributed by atoms with Gasteiger partial charge in [0.05, 0.1) is 17.9 Å². The Morgan fingerprint density at radius 2 is 1.59 bits per heavy atom. The van der Waals surface area contributed by atoms with Gasteiger partial charge in [0, 0.05) is 18.1 Å². The molecule has 4 nitrogen and oxygen atoms in total. The highest BCUT2D eigenvalue weighted by molar-refractivity contribution is 5.89. The predicted molar refractivity (Wildman–Crippen MR) is 133 cm³/mol. The van der Waals surface area contributed by atoms with Gasteiger partial charge in [-0.05, 0) is 86.8 Å². The van der Waals surface area contributed by atoms with E-state index in [4.69, 9.17) is 4.74 Å². The van der Waals surface area contributed by atoms with Crippen molar-refractivity contribution in [3.8, 4) is 5.75 Å². The average Bonchev–Trinajstić information content (AvgIpc) is 2.86. The molecule has 3 aliphatic rings. The molecule has 2 unspecified atom stereocenters. The molecule has 2 aromatic rings. The largest absolute Gasteiger partial charge is 0.490 e. The molecule has 3 fully saturated rings. The van der Waals surface area contributed by atoms with Gasteiger partial charge < -0.3 is 9.84 Å². The highest BCUT2D eigenvalue weighted by atomic mass is 19.4. The van der Waals surface area contributed by atoms with E-state index in [2.05, 4.69) is 4.90 Å². The quantitative estimate of drug-likeness (QED) is 0.377. The summed E-state index contributed by atoms with van der Waals surface area (Å²) in [5.41, 5.74) is -0.0447. The van der Waals surface area contributed by atoms with Gasteiger partial charge >= 0.3 is 18.3 Å². The standard InChI is InChI=1S/C29H33F6NO3/c1-16(36-21-3-2-4-22(36)15-19(14-21)27(37)38)17-5-11-24-18(13-17)6-12-25(26(24)29(33,34)35)39-23-9-7-20(8-10-23)28(30,31)32/h5-6,11-13,16,19-23H,2-4,7-10,14-15H2,1H3,(H,37,38)/t16-,19?,20-,21?,22?,23+/m0/s1. The lowest BCUT2D eigenvalue weighted by molar-refractivity contribution is -0.185. The van der Waals surface area contributed by atoms with Crippen molar-refractivity contribution in [3.63, 3.8) is 0 Å². The minimum Gasteiger partial charge on any atom is -0.490 e. The molecule has 1 aliphatic carbocycles. The number of aliphatic carboxylic acids is 1. The van der Waals surface area contributed by atoms with Crippen LogP contribution in [0.25, 0.3) is 10.8 Å². The summed E-state index contributed by atoms with van der Waals surface area (Å²) in [5.74, 6) is -2.92. The number of rotatable bonds is 5. The third kappa shape index (κ3) is 5.72. The summed E-state index contributed by atoms with van der Waals surface area (Å²) >= 11 is 0. The van der Waals surface area contributed by atoms with E-state index in [1.165, 1.54) is 12.1 Å². The summed E-state index contributed by atoms with van der Waals surface area (Å²) in [6, 6.07) is 7.92. The van der Waals surface area contributed by atoms with Crippen LogP contribution in [0.2, 0.25) is 0 Å². The smallest absolute Gasteiger partial charge is 0.420 e. The third-order valence-electron chi connectivity index (χ3n) is 9.03. The summed E-state index contributed by atoms with van der Waals surface area (Å²) in [7, 11) is 0. The average molecular weight is 558 g/mol. The number of hydrogen-bond acceptors (Lipinski definition) is 3. The molecular weight excluding hydrogens is 524 g/mol. The SMILES string of the molecule is C[C@@H](c1ccc2c(C(F)(F)F)c(O[C@H]3CC[C@@H](C(F)(F)F)CC3)ccc2c1)N1C2CCCC1CC(C(=O)O)C2. The van der Waals surface area contributed by atoms with Gasteiger partial charge in [0.15, 0.2) is 0 Å². The monoisotopic (exact) mass is 557 g/mol. The number of halogens is 6. The number of carbonyl (C=O) groups is 1. The molecule has 214 valence electrons. The molecule has 2 aromatic carbocycles. The van der Waals surface area contributed by atoms with Crippen molar-refractivity contribution in [2.75, 3.05) is 0 Å². The second kappa shape index (κ2) is 10.5. The van der Waals surface area contributed by atoms with E-state index in [1.54, 1.807) is 18.2 Å². The highest BCUT2D eigenvalue weighted by Gasteiger charge is 2.44. The zero-order chi connectivity index (χ0) is 28.1. The fraction of sp³-hybridized carbons (Fsp3) is 0.621. The minimum absolute atomic E-state index is 0.00953.